The molecule has 2 rings (SSSR count). The lowest BCUT2D eigenvalue weighted by atomic mass is 10.2. The number of carbonyl (C=O) groups is 3. The van der Waals surface area contributed by atoms with E-state index in [4.69, 9.17) is 10.6 Å². The molecule has 1 aromatic carbocycles. The van der Waals surface area contributed by atoms with Gasteiger partial charge in [0.15, 0.2) is 0 Å². The number of benzene rings is 1. The Morgan fingerprint density at radius 3 is 2.64 bits per heavy atom. The smallest absolute Gasteiger partial charge is 0.408 e. The number of nitrogens with zero attached hydrogens (tertiary/aromatic N) is 2. The van der Waals surface area contributed by atoms with Gasteiger partial charge in [-0.1, -0.05) is 30.3 Å². The highest BCUT2D eigenvalue weighted by atomic mass is 16.5. The standard InChI is InChI=1S/C15H17N5O5/c16-19-14(23)20-7-11(17-9-20)6-12(13(21)22)18-15(24)25-8-10-4-2-1-3-5-10/h1-5,7,9,12H,6,8,16H2,(H,18,24)(H,19,23)(H,21,22)/t12-/m1/s1. The van der Waals surface area contributed by atoms with Gasteiger partial charge >= 0.3 is 18.1 Å². The van der Waals surface area contributed by atoms with E-state index in [0.717, 1.165) is 10.1 Å². The zero-order chi connectivity index (χ0) is 18.2. The zero-order valence-corrected chi connectivity index (χ0v) is 13.1. The fourth-order valence-electron chi connectivity index (χ4n) is 1.97. The van der Waals surface area contributed by atoms with Crippen molar-refractivity contribution in [2.75, 3.05) is 0 Å². The minimum atomic E-state index is -1.26. The lowest BCUT2D eigenvalue weighted by Crippen LogP contribution is -2.42. The third kappa shape index (κ3) is 5.32. The molecule has 1 heterocycles. The van der Waals surface area contributed by atoms with Crippen LogP contribution in [0.5, 0.6) is 0 Å². The predicted octanol–water partition coefficient (Wildman–Crippen LogP) is 0.237. The molecule has 1 atom stereocenters. The number of ether oxygens (including phenoxy) is 1. The topological polar surface area (TPSA) is 149 Å². The lowest BCUT2D eigenvalue weighted by molar-refractivity contribution is -0.139. The second kappa shape index (κ2) is 8.45. The van der Waals surface area contributed by atoms with Gasteiger partial charge in [0, 0.05) is 12.6 Å². The number of nitrogens with one attached hydrogen (secondary N) is 2. The molecule has 5 N–H and O–H groups in total. The first-order valence-electron chi connectivity index (χ1n) is 7.23. The van der Waals surface area contributed by atoms with Crippen molar-refractivity contribution in [3.05, 3.63) is 54.1 Å². The highest BCUT2D eigenvalue weighted by Crippen LogP contribution is 2.04. The lowest BCUT2D eigenvalue weighted by Gasteiger charge is -2.13. The number of nitrogens with two attached hydrogens (primary N) is 1. The van der Waals surface area contributed by atoms with Crippen LogP contribution in [0, 0.1) is 0 Å². The Kier molecular flexibility index (Phi) is 6.07. The summed E-state index contributed by atoms with van der Waals surface area (Å²) in [6.45, 7) is 0.0182. The van der Waals surface area contributed by atoms with Crippen molar-refractivity contribution in [1.82, 2.24) is 20.3 Å². The van der Waals surface area contributed by atoms with Crippen LogP contribution < -0.4 is 16.6 Å². The molecule has 0 aliphatic carbocycles. The monoisotopic (exact) mass is 347 g/mol. The summed E-state index contributed by atoms with van der Waals surface area (Å²) in [4.78, 5) is 38.3. The molecule has 0 saturated carbocycles. The van der Waals surface area contributed by atoms with E-state index in [0.29, 0.717) is 5.69 Å². The van der Waals surface area contributed by atoms with E-state index in [-0.39, 0.29) is 13.0 Å². The summed E-state index contributed by atoms with van der Waals surface area (Å²) in [6.07, 6.45) is 1.51. The Hall–Kier alpha value is -3.40. The Morgan fingerprint density at radius 1 is 1.28 bits per heavy atom. The molecule has 0 radical (unpaired) electrons. The molecule has 10 nitrogen and oxygen atoms in total. The third-order valence-corrected chi connectivity index (χ3v) is 3.21. The summed E-state index contributed by atoms with van der Waals surface area (Å²) in [6, 6.07) is 7.09. The summed E-state index contributed by atoms with van der Waals surface area (Å²) in [7, 11) is 0. The van der Waals surface area contributed by atoms with E-state index in [1.807, 2.05) is 11.5 Å². The fourth-order valence-corrected chi connectivity index (χ4v) is 1.97. The van der Waals surface area contributed by atoms with Crippen LogP contribution in [-0.4, -0.2) is 38.8 Å². The van der Waals surface area contributed by atoms with Gasteiger partial charge in [-0.3, -0.25) is 9.99 Å². The van der Waals surface area contributed by atoms with Crippen molar-refractivity contribution in [2.24, 2.45) is 5.84 Å². The number of nitrogen functional groups attached to an aromatic ring is 1. The summed E-state index contributed by atoms with van der Waals surface area (Å²) in [5, 5.41) is 11.5. The number of amides is 2. The van der Waals surface area contributed by atoms with Gasteiger partial charge < -0.3 is 15.2 Å². The number of hydrogen-bond donors (Lipinski definition) is 4. The molecular formula is C15H17N5O5. The highest BCUT2D eigenvalue weighted by Gasteiger charge is 2.22. The Morgan fingerprint density at radius 2 is 2.00 bits per heavy atom. The molecular weight excluding hydrogens is 330 g/mol. The van der Waals surface area contributed by atoms with Crippen LogP contribution in [0.25, 0.3) is 0 Å². The summed E-state index contributed by atoms with van der Waals surface area (Å²) in [5.41, 5.74) is 2.98. The number of carboxylic acid groups (broad SMARTS) is 1. The van der Waals surface area contributed by atoms with Crippen LogP contribution in [0.3, 0.4) is 0 Å². The average Bonchev–Trinajstić information content (AvgIpc) is 3.08. The second-order valence-electron chi connectivity index (χ2n) is 5.02. The maximum atomic E-state index is 11.8. The molecule has 132 valence electrons. The number of carboxylic acids is 1. The molecule has 1 aromatic heterocycles. The van der Waals surface area contributed by atoms with Gasteiger partial charge in [0.1, 0.15) is 19.0 Å². The first kappa shape index (κ1) is 17.9. The van der Waals surface area contributed by atoms with E-state index in [9.17, 15) is 19.5 Å². The molecule has 0 bridgehead atoms. The van der Waals surface area contributed by atoms with Crippen molar-refractivity contribution in [2.45, 2.75) is 19.1 Å². The van der Waals surface area contributed by atoms with Crippen molar-refractivity contribution in [3.8, 4) is 0 Å². The number of alkyl carbamates (subject to hydrolysis) is 1. The molecule has 0 unspecified atom stereocenters. The van der Waals surface area contributed by atoms with E-state index < -0.39 is 24.1 Å². The molecule has 0 aliphatic heterocycles. The number of carbonyl (C=O) groups excluding carboxylic acids is 2. The van der Waals surface area contributed by atoms with E-state index >= 15 is 0 Å². The Labute approximate surface area is 142 Å². The Bertz CT molecular complexity index is 746. The quantitative estimate of drug-likeness (QED) is 0.332. The van der Waals surface area contributed by atoms with Crippen LogP contribution in [-0.2, 0) is 22.6 Å². The number of rotatable bonds is 6. The van der Waals surface area contributed by atoms with E-state index in [1.54, 1.807) is 24.3 Å². The molecule has 10 heteroatoms. The van der Waals surface area contributed by atoms with Crippen molar-refractivity contribution >= 4 is 18.1 Å². The number of aliphatic carboxylic acids is 1. The zero-order valence-electron chi connectivity index (χ0n) is 13.1. The van der Waals surface area contributed by atoms with Crippen LogP contribution in [0.1, 0.15) is 11.3 Å². The highest BCUT2D eigenvalue weighted by molar-refractivity contribution is 5.80. The maximum Gasteiger partial charge on any atom is 0.408 e. The molecule has 25 heavy (non-hydrogen) atoms. The van der Waals surface area contributed by atoms with Crippen LogP contribution >= 0.6 is 0 Å². The van der Waals surface area contributed by atoms with Gasteiger partial charge in [-0.2, -0.15) is 0 Å². The normalized spacial score (nSPS) is 11.4. The predicted molar refractivity (Wildman–Crippen MR) is 85.2 cm³/mol. The largest absolute Gasteiger partial charge is 0.480 e. The summed E-state index contributed by atoms with van der Waals surface area (Å²) in [5.74, 6) is 3.74. The SMILES string of the molecule is NNC(=O)n1cnc(C[C@@H](NC(=O)OCc2ccccc2)C(=O)O)c1. The van der Waals surface area contributed by atoms with E-state index in [1.165, 1.54) is 12.5 Å². The third-order valence-electron chi connectivity index (χ3n) is 3.21. The number of imidazole rings is 1. The first-order chi connectivity index (χ1) is 12.0. The summed E-state index contributed by atoms with van der Waals surface area (Å²) < 4.78 is 6.05. The second-order valence-corrected chi connectivity index (χ2v) is 5.02. The molecule has 0 saturated heterocycles. The first-order valence-corrected chi connectivity index (χ1v) is 7.23. The van der Waals surface area contributed by atoms with Gasteiger partial charge in [0.05, 0.1) is 5.69 Å². The number of hydrogen-bond acceptors (Lipinski definition) is 6. The molecule has 0 fully saturated rings. The van der Waals surface area contributed by atoms with Gasteiger partial charge in [-0.15, -0.1) is 0 Å². The maximum absolute atomic E-state index is 11.8. The van der Waals surface area contributed by atoms with Crippen LogP contribution in [0.4, 0.5) is 9.59 Å². The van der Waals surface area contributed by atoms with Gasteiger partial charge in [0.25, 0.3) is 0 Å². The van der Waals surface area contributed by atoms with Gasteiger partial charge in [0.2, 0.25) is 0 Å². The van der Waals surface area contributed by atoms with Crippen molar-refractivity contribution in [3.63, 3.8) is 0 Å². The average molecular weight is 347 g/mol. The molecule has 2 amide bonds. The number of hydrazine groups is 1. The number of aromatic nitrogens is 2. The van der Waals surface area contributed by atoms with Gasteiger partial charge in [-0.25, -0.2) is 25.2 Å². The van der Waals surface area contributed by atoms with Crippen molar-refractivity contribution in [1.29, 1.82) is 0 Å². The van der Waals surface area contributed by atoms with Gasteiger partial charge in [-0.05, 0) is 5.56 Å². The van der Waals surface area contributed by atoms with Crippen LogP contribution in [0.2, 0.25) is 0 Å². The Balaban J connectivity index is 1.91. The molecule has 0 spiro atoms. The van der Waals surface area contributed by atoms with Crippen molar-refractivity contribution < 1.29 is 24.2 Å². The minimum Gasteiger partial charge on any atom is -0.480 e. The van der Waals surface area contributed by atoms with E-state index in [2.05, 4.69) is 10.3 Å². The minimum absolute atomic E-state index is 0.0182. The molecule has 2 aromatic rings. The molecule has 0 aliphatic rings. The van der Waals surface area contributed by atoms with Crippen LogP contribution in [0.15, 0.2) is 42.9 Å². The fraction of sp³-hybridized carbons (Fsp3) is 0.200. The summed E-state index contributed by atoms with van der Waals surface area (Å²) >= 11 is 0.